The standard InChI is InChI=1S/C76H102N2/c1-69(2,3)51-37-52(70(4,5)6)42-59(41-51)77(60-43-53(71(7,8)9)38-54(44-60)72(10,11)12)67-63-32-28-29-33-64(63)68(66-36-50(34-35-65(66)67)49-30-26-25-27-31-49)78(61-45-55(73(13,14)15)39-56(46-61)74(16,17)18)62-47-57(75(19,20)21)40-58(48-62)76(22,23)24/h28-29,32-49H,25-27,30-31H2,1-24H3. The topological polar surface area (TPSA) is 6.48 Å². The molecule has 0 spiro atoms. The molecule has 1 saturated carbocycles. The van der Waals surface area contributed by atoms with E-state index in [2.05, 4.69) is 291 Å². The van der Waals surface area contributed by atoms with Crippen LogP contribution in [0.3, 0.4) is 0 Å². The maximum atomic E-state index is 2.72. The van der Waals surface area contributed by atoms with Crippen molar-refractivity contribution in [2.45, 2.75) is 248 Å². The summed E-state index contributed by atoms with van der Waals surface area (Å²) in [5.74, 6) is 0.513. The summed E-state index contributed by atoms with van der Waals surface area (Å²) in [4.78, 5) is 5.41. The lowest BCUT2D eigenvalue weighted by atomic mass is 9.79. The van der Waals surface area contributed by atoms with Gasteiger partial charge in [0.2, 0.25) is 0 Å². The van der Waals surface area contributed by atoms with Crippen molar-refractivity contribution in [2.75, 3.05) is 9.80 Å². The summed E-state index contributed by atoms with van der Waals surface area (Å²) in [6.45, 7) is 57.1. The van der Waals surface area contributed by atoms with E-state index in [4.69, 9.17) is 0 Å². The first kappa shape index (κ1) is 58.8. The normalized spacial score (nSPS) is 14.9. The van der Waals surface area contributed by atoms with Crippen molar-refractivity contribution in [3.05, 3.63) is 165 Å². The Labute approximate surface area is 475 Å². The van der Waals surface area contributed by atoms with Gasteiger partial charge in [-0.05, 0) is 167 Å². The van der Waals surface area contributed by atoms with Crippen molar-refractivity contribution in [1.29, 1.82) is 0 Å². The first-order valence-electron chi connectivity index (χ1n) is 29.9. The van der Waals surface area contributed by atoms with Gasteiger partial charge in [-0.15, -0.1) is 0 Å². The molecule has 78 heavy (non-hydrogen) atoms. The van der Waals surface area contributed by atoms with Crippen LogP contribution in [-0.4, -0.2) is 0 Å². The van der Waals surface area contributed by atoms with Crippen LogP contribution < -0.4 is 9.80 Å². The molecule has 1 aliphatic carbocycles. The van der Waals surface area contributed by atoms with Crippen LogP contribution in [0, 0.1) is 0 Å². The average Bonchev–Trinajstić information content (AvgIpc) is 3.53. The Morgan fingerprint density at radius 3 is 0.769 bits per heavy atom. The van der Waals surface area contributed by atoms with Crippen LogP contribution in [0.4, 0.5) is 34.1 Å². The molecule has 2 nitrogen and oxygen atoms in total. The zero-order valence-electron chi connectivity index (χ0n) is 53.5. The molecule has 1 fully saturated rings. The Morgan fingerprint density at radius 1 is 0.269 bits per heavy atom. The van der Waals surface area contributed by atoms with Crippen LogP contribution in [0.2, 0.25) is 0 Å². The maximum absolute atomic E-state index is 2.72. The number of benzene rings is 7. The van der Waals surface area contributed by atoms with Gasteiger partial charge in [-0.3, -0.25) is 0 Å². The minimum absolute atomic E-state index is 0.0874. The number of nitrogens with zero attached hydrogens (tertiary/aromatic N) is 2. The van der Waals surface area contributed by atoms with Crippen molar-refractivity contribution in [1.82, 2.24) is 0 Å². The minimum Gasteiger partial charge on any atom is -0.309 e. The molecule has 7 aromatic carbocycles. The number of rotatable bonds is 7. The highest BCUT2D eigenvalue weighted by Gasteiger charge is 2.33. The third kappa shape index (κ3) is 12.3. The molecule has 0 amide bonds. The minimum atomic E-state index is -0.0881. The molecule has 0 radical (unpaired) electrons. The summed E-state index contributed by atoms with van der Waals surface area (Å²) >= 11 is 0. The molecule has 1 aliphatic rings. The van der Waals surface area contributed by atoms with Crippen LogP contribution in [-0.2, 0) is 43.3 Å². The Morgan fingerprint density at radius 2 is 0.513 bits per heavy atom. The summed E-state index contributed by atoms with van der Waals surface area (Å²) in [7, 11) is 0. The predicted octanol–water partition coefficient (Wildman–Crippen LogP) is 23.4. The van der Waals surface area contributed by atoms with E-state index in [1.165, 1.54) is 138 Å². The third-order valence-corrected chi connectivity index (χ3v) is 17.1. The molecule has 0 aliphatic heterocycles. The summed E-state index contributed by atoms with van der Waals surface area (Å²) in [6.07, 6.45) is 6.34. The molecule has 2 heteroatoms. The summed E-state index contributed by atoms with van der Waals surface area (Å²) in [5.41, 5.74) is 18.8. The van der Waals surface area contributed by atoms with Gasteiger partial charge in [0, 0.05) is 44.3 Å². The van der Waals surface area contributed by atoms with E-state index in [1.807, 2.05) is 0 Å². The molecule has 0 saturated heterocycles. The first-order chi connectivity index (χ1) is 35.7. The van der Waals surface area contributed by atoms with Crippen LogP contribution in [0.15, 0.2) is 115 Å². The number of fused-ring (bicyclic) bond motifs is 2. The van der Waals surface area contributed by atoms with Gasteiger partial charge >= 0.3 is 0 Å². The van der Waals surface area contributed by atoms with Crippen LogP contribution in [0.1, 0.15) is 254 Å². The molecule has 0 bridgehead atoms. The van der Waals surface area contributed by atoms with Gasteiger partial charge in [0.05, 0.1) is 11.4 Å². The lowest BCUT2D eigenvalue weighted by Gasteiger charge is -2.37. The van der Waals surface area contributed by atoms with Gasteiger partial charge < -0.3 is 9.80 Å². The Hall–Kier alpha value is -5.34. The zero-order chi connectivity index (χ0) is 57.7. The van der Waals surface area contributed by atoms with Gasteiger partial charge in [0.15, 0.2) is 0 Å². The lowest BCUT2D eigenvalue weighted by molar-refractivity contribution is 0.444. The number of anilines is 6. The average molecular weight is 1040 g/mol. The molecular weight excluding hydrogens is 941 g/mol. The van der Waals surface area contributed by atoms with E-state index < -0.39 is 0 Å². The molecule has 416 valence electrons. The second-order valence-electron chi connectivity index (χ2n) is 32.1. The smallest absolute Gasteiger partial charge is 0.0620 e. The highest BCUT2D eigenvalue weighted by Crippen LogP contribution is 2.55. The van der Waals surface area contributed by atoms with E-state index >= 15 is 0 Å². The van der Waals surface area contributed by atoms with Crippen LogP contribution in [0.5, 0.6) is 0 Å². The summed E-state index contributed by atoms with van der Waals surface area (Å²) < 4.78 is 0. The number of hydrogen-bond donors (Lipinski definition) is 0. The largest absolute Gasteiger partial charge is 0.309 e. The van der Waals surface area contributed by atoms with Gasteiger partial charge in [-0.2, -0.15) is 0 Å². The molecule has 8 rings (SSSR count). The van der Waals surface area contributed by atoms with Gasteiger partial charge in [-0.1, -0.05) is 246 Å². The van der Waals surface area contributed by atoms with E-state index in [1.54, 1.807) is 0 Å². The van der Waals surface area contributed by atoms with Gasteiger partial charge in [0.1, 0.15) is 0 Å². The monoisotopic (exact) mass is 1040 g/mol. The Kier molecular flexibility index (Phi) is 15.3. The fourth-order valence-electron chi connectivity index (χ4n) is 11.6. The third-order valence-electron chi connectivity index (χ3n) is 17.1. The fourth-order valence-corrected chi connectivity index (χ4v) is 11.6. The molecule has 0 unspecified atom stereocenters. The molecule has 0 atom stereocenters. The van der Waals surface area contributed by atoms with Gasteiger partial charge in [0.25, 0.3) is 0 Å². The van der Waals surface area contributed by atoms with Crippen LogP contribution in [0.25, 0.3) is 21.5 Å². The molecule has 0 N–H and O–H groups in total. The van der Waals surface area contributed by atoms with Crippen molar-refractivity contribution in [3.63, 3.8) is 0 Å². The van der Waals surface area contributed by atoms with Crippen molar-refractivity contribution >= 4 is 55.7 Å². The van der Waals surface area contributed by atoms with E-state index in [0.29, 0.717) is 5.92 Å². The molecular formula is C76H102N2. The first-order valence-corrected chi connectivity index (χ1v) is 29.9. The van der Waals surface area contributed by atoms with E-state index in [9.17, 15) is 0 Å². The SMILES string of the molecule is CC(C)(C)c1cc(N(c2cc(C(C)(C)C)cc(C(C)(C)C)c2)c2c3ccccc3c(N(c3cc(C(C)(C)C)cc(C(C)(C)C)c3)c3cc(C(C)(C)C)cc(C(C)(C)C)c3)c3cc(C4CCCCC4)ccc23)cc(C(C)(C)C)c1. The van der Waals surface area contributed by atoms with Gasteiger partial charge in [-0.25, -0.2) is 0 Å². The highest BCUT2D eigenvalue weighted by atomic mass is 15.2. The van der Waals surface area contributed by atoms with E-state index in [-0.39, 0.29) is 43.3 Å². The molecule has 0 aromatic heterocycles. The van der Waals surface area contributed by atoms with Crippen molar-refractivity contribution < 1.29 is 0 Å². The lowest BCUT2D eigenvalue weighted by Crippen LogP contribution is -2.22. The van der Waals surface area contributed by atoms with Crippen molar-refractivity contribution in [2.24, 2.45) is 0 Å². The maximum Gasteiger partial charge on any atom is 0.0620 e. The molecule has 0 heterocycles. The highest BCUT2D eigenvalue weighted by molar-refractivity contribution is 6.23. The quantitative estimate of drug-likeness (QED) is 0.116. The van der Waals surface area contributed by atoms with Crippen molar-refractivity contribution in [3.8, 4) is 0 Å². The van der Waals surface area contributed by atoms with Crippen LogP contribution >= 0.6 is 0 Å². The predicted molar refractivity (Wildman–Crippen MR) is 346 cm³/mol. The second kappa shape index (κ2) is 20.3. The summed E-state index contributed by atoms with van der Waals surface area (Å²) in [6, 6.07) is 47.3. The molecule has 7 aromatic rings. The summed E-state index contributed by atoms with van der Waals surface area (Å²) in [5, 5.41) is 5.03. The van der Waals surface area contributed by atoms with E-state index in [0.717, 1.165) is 0 Å². The Bertz CT molecular complexity index is 3050. The Balaban J connectivity index is 1.67. The number of hydrogen-bond acceptors (Lipinski definition) is 2. The zero-order valence-corrected chi connectivity index (χ0v) is 53.5. The second-order valence-corrected chi connectivity index (χ2v) is 32.1. The fraction of sp³-hybridized carbons (Fsp3) is 0.500.